The molecule has 4 nitrogen and oxygen atoms in total. The monoisotopic (exact) mass is 236 g/mol. The van der Waals surface area contributed by atoms with Crippen molar-refractivity contribution >= 4 is 7.60 Å². The van der Waals surface area contributed by atoms with Gasteiger partial charge in [0.15, 0.2) is 0 Å². The topological polar surface area (TPSA) is 44.8 Å². The highest BCUT2D eigenvalue weighted by atomic mass is 31.2. The van der Waals surface area contributed by atoms with Crippen molar-refractivity contribution in [2.75, 3.05) is 19.8 Å². The molecule has 0 N–H and O–H groups in total. The van der Waals surface area contributed by atoms with Gasteiger partial charge in [0.25, 0.3) is 0 Å². The molecule has 0 spiro atoms. The lowest BCUT2D eigenvalue weighted by molar-refractivity contribution is 0.182. The second-order valence-electron chi connectivity index (χ2n) is 2.72. The third kappa shape index (κ3) is 4.83. The van der Waals surface area contributed by atoms with Crippen LogP contribution in [0.5, 0.6) is 0 Å². The lowest BCUT2D eigenvalue weighted by Crippen LogP contribution is -2.02. The van der Waals surface area contributed by atoms with E-state index in [-0.39, 0.29) is 0 Å². The van der Waals surface area contributed by atoms with E-state index in [2.05, 4.69) is 0 Å². The summed E-state index contributed by atoms with van der Waals surface area (Å²) in [6, 6.07) is 0. The van der Waals surface area contributed by atoms with Crippen LogP contribution in [0, 0.1) is 0 Å². The number of allylic oxidation sites excluding steroid dienone is 1. The molecule has 0 aromatic heterocycles. The van der Waals surface area contributed by atoms with Crippen LogP contribution in [0.3, 0.4) is 0 Å². The van der Waals surface area contributed by atoms with E-state index < -0.39 is 7.60 Å². The standard InChI is InChI=1S/C10H21O4P/c1-5-9-10(12-6-2)15(11,13-7-3)14-8-4/h9H,5-8H2,1-4H3/b10-9+. The van der Waals surface area contributed by atoms with Gasteiger partial charge in [0, 0.05) is 0 Å². The van der Waals surface area contributed by atoms with E-state index in [0.717, 1.165) is 6.42 Å². The van der Waals surface area contributed by atoms with Gasteiger partial charge in [-0.15, -0.1) is 0 Å². The third-order valence-corrected chi connectivity index (χ3v) is 3.59. The Morgan fingerprint density at radius 2 is 1.60 bits per heavy atom. The van der Waals surface area contributed by atoms with Gasteiger partial charge < -0.3 is 13.8 Å². The summed E-state index contributed by atoms with van der Waals surface area (Å²) in [7, 11) is -3.22. The van der Waals surface area contributed by atoms with E-state index in [9.17, 15) is 4.57 Å². The summed E-state index contributed by atoms with van der Waals surface area (Å²) < 4.78 is 27.9. The van der Waals surface area contributed by atoms with Crippen molar-refractivity contribution in [3.05, 3.63) is 11.6 Å². The maximum Gasteiger partial charge on any atom is 0.395 e. The zero-order valence-corrected chi connectivity index (χ0v) is 10.9. The van der Waals surface area contributed by atoms with Crippen LogP contribution in [0.1, 0.15) is 34.1 Å². The molecule has 5 heteroatoms. The fourth-order valence-electron chi connectivity index (χ4n) is 1.08. The predicted molar refractivity (Wildman–Crippen MR) is 60.9 cm³/mol. The molecule has 0 radical (unpaired) electrons. The second kappa shape index (κ2) is 7.91. The first-order valence-electron chi connectivity index (χ1n) is 5.37. The fourth-order valence-corrected chi connectivity index (χ4v) is 2.78. The van der Waals surface area contributed by atoms with Gasteiger partial charge in [0.2, 0.25) is 5.50 Å². The van der Waals surface area contributed by atoms with Gasteiger partial charge in [0.05, 0.1) is 19.8 Å². The summed E-state index contributed by atoms with van der Waals surface area (Å²) in [6.07, 6.45) is 2.48. The Kier molecular flexibility index (Phi) is 7.75. The van der Waals surface area contributed by atoms with Gasteiger partial charge in [-0.1, -0.05) is 6.92 Å². The number of ether oxygens (including phenoxy) is 1. The first-order valence-corrected chi connectivity index (χ1v) is 6.91. The Balaban J connectivity index is 4.82. The van der Waals surface area contributed by atoms with Gasteiger partial charge in [-0.05, 0) is 33.3 Å². The van der Waals surface area contributed by atoms with Gasteiger partial charge in [-0.3, -0.25) is 4.57 Å². The van der Waals surface area contributed by atoms with Crippen LogP contribution in [0.4, 0.5) is 0 Å². The largest absolute Gasteiger partial charge is 0.486 e. The molecule has 0 heterocycles. The molecule has 0 aliphatic carbocycles. The van der Waals surface area contributed by atoms with E-state index >= 15 is 0 Å². The maximum absolute atomic E-state index is 12.3. The molecule has 0 aromatic carbocycles. The van der Waals surface area contributed by atoms with Crippen molar-refractivity contribution in [2.45, 2.75) is 34.1 Å². The van der Waals surface area contributed by atoms with Crippen LogP contribution in [0.25, 0.3) is 0 Å². The van der Waals surface area contributed by atoms with E-state index in [1.54, 1.807) is 19.9 Å². The molecule has 0 rings (SSSR count). The smallest absolute Gasteiger partial charge is 0.395 e. The molecule has 0 aliphatic rings. The first kappa shape index (κ1) is 14.7. The fraction of sp³-hybridized carbons (Fsp3) is 0.800. The zero-order valence-electron chi connectivity index (χ0n) is 9.99. The highest BCUT2D eigenvalue weighted by Gasteiger charge is 2.30. The molecule has 0 atom stereocenters. The van der Waals surface area contributed by atoms with Gasteiger partial charge in [-0.25, -0.2) is 0 Å². The van der Waals surface area contributed by atoms with E-state index in [1.165, 1.54) is 0 Å². The molecule has 0 aromatic rings. The molecule has 0 bridgehead atoms. The van der Waals surface area contributed by atoms with Crippen LogP contribution in [-0.4, -0.2) is 19.8 Å². The average molecular weight is 236 g/mol. The van der Waals surface area contributed by atoms with Gasteiger partial charge in [-0.2, -0.15) is 0 Å². The summed E-state index contributed by atoms with van der Waals surface area (Å²) in [5, 5.41) is 0. The zero-order chi connectivity index (χ0) is 11.7. The summed E-state index contributed by atoms with van der Waals surface area (Å²) in [5.41, 5.74) is 0.330. The van der Waals surface area contributed by atoms with Crippen molar-refractivity contribution in [1.29, 1.82) is 0 Å². The quantitative estimate of drug-likeness (QED) is 0.477. The van der Waals surface area contributed by atoms with Crippen LogP contribution >= 0.6 is 7.60 Å². The van der Waals surface area contributed by atoms with Crippen LogP contribution in [-0.2, 0) is 18.3 Å². The number of hydrogen-bond acceptors (Lipinski definition) is 4. The van der Waals surface area contributed by atoms with Crippen molar-refractivity contribution in [1.82, 2.24) is 0 Å². The maximum atomic E-state index is 12.3. The van der Waals surface area contributed by atoms with E-state index in [1.807, 2.05) is 13.8 Å². The highest BCUT2D eigenvalue weighted by Crippen LogP contribution is 2.56. The normalized spacial score (nSPS) is 12.9. The van der Waals surface area contributed by atoms with E-state index in [4.69, 9.17) is 13.8 Å². The molecule has 0 aliphatic heterocycles. The highest BCUT2D eigenvalue weighted by molar-refractivity contribution is 7.58. The Morgan fingerprint density at radius 1 is 1.07 bits per heavy atom. The minimum Gasteiger partial charge on any atom is -0.486 e. The van der Waals surface area contributed by atoms with Gasteiger partial charge >= 0.3 is 7.60 Å². The SMILES string of the molecule is CC/C=C(\OCC)P(=O)(OCC)OCC. The van der Waals surface area contributed by atoms with Gasteiger partial charge in [0.1, 0.15) is 0 Å². The Morgan fingerprint density at radius 3 is 1.93 bits per heavy atom. The molecular formula is C10H21O4P. The molecular weight excluding hydrogens is 215 g/mol. The van der Waals surface area contributed by atoms with Crippen LogP contribution < -0.4 is 0 Å². The average Bonchev–Trinajstić information content (AvgIpc) is 2.18. The molecule has 0 fully saturated rings. The lowest BCUT2D eigenvalue weighted by atomic mass is 10.5. The van der Waals surface area contributed by atoms with Crippen molar-refractivity contribution in [3.63, 3.8) is 0 Å². The Hall–Kier alpha value is -0.310. The molecule has 0 amide bonds. The Bertz CT molecular complexity index is 228. The minimum absolute atomic E-state index is 0.330. The molecule has 15 heavy (non-hydrogen) atoms. The first-order chi connectivity index (χ1) is 7.14. The van der Waals surface area contributed by atoms with Crippen molar-refractivity contribution < 1.29 is 18.3 Å². The lowest BCUT2D eigenvalue weighted by Gasteiger charge is -2.19. The summed E-state index contributed by atoms with van der Waals surface area (Å²) in [5.74, 6) is 0. The molecule has 90 valence electrons. The van der Waals surface area contributed by atoms with E-state index in [0.29, 0.717) is 25.3 Å². The minimum atomic E-state index is -3.22. The molecule has 0 saturated heterocycles. The summed E-state index contributed by atoms with van der Waals surface area (Å²) in [6.45, 7) is 8.47. The molecule has 0 unspecified atom stereocenters. The second-order valence-corrected chi connectivity index (χ2v) is 4.67. The molecule has 0 saturated carbocycles. The van der Waals surface area contributed by atoms with Crippen molar-refractivity contribution in [3.8, 4) is 0 Å². The third-order valence-electron chi connectivity index (χ3n) is 1.54. The van der Waals surface area contributed by atoms with Crippen LogP contribution in [0.15, 0.2) is 11.6 Å². The number of rotatable bonds is 8. The van der Waals surface area contributed by atoms with Crippen LogP contribution in [0.2, 0.25) is 0 Å². The Labute approximate surface area is 92.1 Å². The van der Waals surface area contributed by atoms with Crippen molar-refractivity contribution in [2.24, 2.45) is 0 Å². The predicted octanol–water partition coefficient (Wildman–Crippen LogP) is 3.54. The number of hydrogen-bond donors (Lipinski definition) is 0. The summed E-state index contributed by atoms with van der Waals surface area (Å²) in [4.78, 5) is 0. The summed E-state index contributed by atoms with van der Waals surface area (Å²) >= 11 is 0.